The first-order valence-corrected chi connectivity index (χ1v) is 12.6. The van der Waals surface area contributed by atoms with Gasteiger partial charge < -0.3 is 14.5 Å². The molecule has 0 aliphatic carbocycles. The van der Waals surface area contributed by atoms with Crippen LogP contribution in [-0.2, 0) is 13.1 Å². The van der Waals surface area contributed by atoms with Crippen LogP contribution in [0, 0.1) is 5.82 Å². The molecule has 6 rings (SSSR count). The molecule has 1 aromatic heterocycles. The number of methoxy groups -OCH3 is 1. The van der Waals surface area contributed by atoms with Crippen LogP contribution in [0.2, 0.25) is 0 Å². The first-order chi connectivity index (χ1) is 17.4. The van der Waals surface area contributed by atoms with Crippen molar-refractivity contribution in [1.29, 1.82) is 0 Å². The van der Waals surface area contributed by atoms with E-state index in [9.17, 15) is 4.39 Å². The fraction of sp³-hybridized carbons (Fsp3) is 0.333. The number of ether oxygens (including phenoxy) is 2. The maximum absolute atomic E-state index is 13.6. The van der Waals surface area contributed by atoms with Gasteiger partial charge in [-0.05, 0) is 68.0 Å². The number of aromatic amines is 1. The summed E-state index contributed by atoms with van der Waals surface area (Å²) in [6.45, 7) is 9.64. The Labute approximate surface area is 211 Å². The molecule has 1 fully saturated rings. The van der Waals surface area contributed by atoms with E-state index >= 15 is 0 Å². The molecule has 36 heavy (non-hydrogen) atoms. The van der Waals surface area contributed by atoms with Crippen molar-refractivity contribution < 1.29 is 13.9 Å². The molecule has 2 aliphatic rings. The van der Waals surface area contributed by atoms with Crippen molar-refractivity contribution in [2.24, 2.45) is 0 Å². The third-order valence-electron chi connectivity index (χ3n) is 7.34. The van der Waals surface area contributed by atoms with Gasteiger partial charge in [-0.25, -0.2) is 4.39 Å². The van der Waals surface area contributed by atoms with Crippen LogP contribution in [-0.4, -0.2) is 53.7 Å². The molecule has 2 aliphatic heterocycles. The molecule has 0 saturated carbocycles. The van der Waals surface area contributed by atoms with Crippen LogP contribution < -0.4 is 9.47 Å². The maximum atomic E-state index is 13.6. The quantitative estimate of drug-likeness (QED) is 0.378. The number of nitrogens with one attached hydrogen (secondary N) is 1. The summed E-state index contributed by atoms with van der Waals surface area (Å²) in [7, 11) is 1.70. The van der Waals surface area contributed by atoms with E-state index in [1.807, 2.05) is 12.1 Å². The fourth-order valence-corrected chi connectivity index (χ4v) is 5.43. The molecular formula is C30H32FN3O2. The van der Waals surface area contributed by atoms with E-state index in [4.69, 9.17) is 9.47 Å². The van der Waals surface area contributed by atoms with Gasteiger partial charge in [0.25, 0.3) is 0 Å². The number of benzene rings is 3. The topological polar surface area (TPSA) is 40.7 Å². The van der Waals surface area contributed by atoms with Crippen LogP contribution in [0.3, 0.4) is 0 Å². The van der Waals surface area contributed by atoms with Crippen LogP contribution in [0.5, 0.6) is 11.5 Å². The summed E-state index contributed by atoms with van der Waals surface area (Å²) in [5.41, 5.74) is 5.19. The SMILES string of the molecule is COc1ccc2[nH]c3c4c(c(CN5CCN(Cc6cccc(F)c6)CC5)cc3c2c1)OC(C)(C)C=C4. The van der Waals surface area contributed by atoms with Gasteiger partial charge in [-0.2, -0.15) is 0 Å². The molecule has 5 nitrogen and oxygen atoms in total. The number of hydrogen-bond acceptors (Lipinski definition) is 4. The van der Waals surface area contributed by atoms with E-state index in [1.165, 1.54) is 17.0 Å². The van der Waals surface area contributed by atoms with Gasteiger partial charge in [0.1, 0.15) is 22.9 Å². The van der Waals surface area contributed by atoms with Crippen molar-refractivity contribution in [3.05, 3.63) is 77.1 Å². The molecule has 6 heteroatoms. The summed E-state index contributed by atoms with van der Waals surface area (Å²) in [5, 5.41) is 2.35. The monoisotopic (exact) mass is 485 g/mol. The number of hydrogen-bond donors (Lipinski definition) is 1. The second-order valence-corrected chi connectivity index (χ2v) is 10.5. The summed E-state index contributed by atoms with van der Waals surface area (Å²) in [4.78, 5) is 8.51. The summed E-state index contributed by atoms with van der Waals surface area (Å²) >= 11 is 0. The Bertz CT molecular complexity index is 1460. The Morgan fingerprint density at radius 2 is 1.75 bits per heavy atom. The van der Waals surface area contributed by atoms with Crippen molar-refractivity contribution in [3.8, 4) is 11.5 Å². The third-order valence-corrected chi connectivity index (χ3v) is 7.34. The van der Waals surface area contributed by atoms with Gasteiger partial charge >= 0.3 is 0 Å². The largest absolute Gasteiger partial charge is 0.497 e. The van der Waals surface area contributed by atoms with Crippen molar-refractivity contribution >= 4 is 27.9 Å². The van der Waals surface area contributed by atoms with Crippen LogP contribution in [0.25, 0.3) is 27.9 Å². The minimum atomic E-state index is -0.353. The minimum absolute atomic E-state index is 0.168. The van der Waals surface area contributed by atoms with E-state index in [-0.39, 0.29) is 11.4 Å². The van der Waals surface area contributed by atoms with Crippen molar-refractivity contribution in [2.45, 2.75) is 32.5 Å². The normalized spacial score (nSPS) is 17.9. The van der Waals surface area contributed by atoms with Gasteiger partial charge in [0.15, 0.2) is 0 Å². The predicted molar refractivity (Wildman–Crippen MR) is 143 cm³/mol. The molecule has 0 amide bonds. The molecule has 1 N–H and O–H groups in total. The van der Waals surface area contributed by atoms with E-state index < -0.39 is 0 Å². The molecule has 0 atom stereocenters. The minimum Gasteiger partial charge on any atom is -0.497 e. The Kier molecular flexibility index (Phi) is 5.73. The lowest BCUT2D eigenvalue weighted by atomic mass is 9.96. The summed E-state index contributed by atoms with van der Waals surface area (Å²) in [5.74, 6) is 1.65. The van der Waals surface area contributed by atoms with E-state index in [0.717, 1.165) is 78.3 Å². The standard InChI is InChI=1S/C30H32FN3O2/c1-30(2)10-9-24-28-26(25-17-23(35-3)7-8-27(25)32-28)16-21(29(24)36-30)19-34-13-11-33(12-14-34)18-20-5-4-6-22(31)15-20/h4-10,15-17,32H,11-14,18-19H2,1-3H3. The number of nitrogens with zero attached hydrogens (tertiary/aromatic N) is 2. The molecule has 0 bridgehead atoms. The smallest absolute Gasteiger partial charge is 0.134 e. The lowest BCUT2D eigenvalue weighted by Crippen LogP contribution is -2.45. The van der Waals surface area contributed by atoms with Crippen molar-refractivity contribution in [1.82, 2.24) is 14.8 Å². The molecule has 3 aromatic carbocycles. The Morgan fingerprint density at radius 1 is 0.972 bits per heavy atom. The van der Waals surface area contributed by atoms with Crippen LogP contribution >= 0.6 is 0 Å². The molecule has 4 aromatic rings. The zero-order chi connectivity index (χ0) is 24.9. The highest BCUT2D eigenvalue weighted by atomic mass is 19.1. The summed E-state index contributed by atoms with van der Waals surface area (Å²) in [6.07, 6.45) is 4.34. The van der Waals surface area contributed by atoms with Gasteiger partial charge in [0.05, 0.1) is 12.6 Å². The third kappa shape index (κ3) is 4.36. The molecule has 1 saturated heterocycles. The highest BCUT2D eigenvalue weighted by Gasteiger charge is 2.28. The second kappa shape index (κ2) is 8.95. The molecule has 3 heterocycles. The summed E-state index contributed by atoms with van der Waals surface area (Å²) in [6, 6.07) is 15.4. The lowest BCUT2D eigenvalue weighted by Gasteiger charge is -2.36. The molecule has 0 unspecified atom stereocenters. The van der Waals surface area contributed by atoms with Gasteiger partial charge in [-0.1, -0.05) is 12.1 Å². The van der Waals surface area contributed by atoms with Crippen molar-refractivity contribution in [3.63, 3.8) is 0 Å². The predicted octanol–water partition coefficient (Wildman–Crippen LogP) is 5.97. The highest BCUT2D eigenvalue weighted by Crippen LogP contribution is 2.42. The average molecular weight is 486 g/mol. The molecular weight excluding hydrogens is 453 g/mol. The maximum Gasteiger partial charge on any atom is 0.134 e. The van der Waals surface area contributed by atoms with Crippen LogP contribution in [0.4, 0.5) is 4.39 Å². The van der Waals surface area contributed by atoms with Gasteiger partial charge in [-0.15, -0.1) is 0 Å². The van der Waals surface area contributed by atoms with Crippen LogP contribution in [0.15, 0.2) is 54.6 Å². The Hall–Kier alpha value is -3.35. The van der Waals surface area contributed by atoms with E-state index in [0.29, 0.717) is 0 Å². The lowest BCUT2D eigenvalue weighted by molar-refractivity contribution is 0.117. The number of fused-ring (bicyclic) bond motifs is 5. The Balaban J connectivity index is 1.29. The van der Waals surface area contributed by atoms with Crippen LogP contribution in [0.1, 0.15) is 30.5 Å². The number of piperazine rings is 1. The highest BCUT2D eigenvalue weighted by molar-refractivity contribution is 6.11. The van der Waals surface area contributed by atoms with Gasteiger partial charge in [0.2, 0.25) is 0 Å². The van der Waals surface area contributed by atoms with Gasteiger partial charge in [-0.3, -0.25) is 9.80 Å². The molecule has 0 radical (unpaired) electrons. The zero-order valence-electron chi connectivity index (χ0n) is 21.1. The van der Waals surface area contributed by atoms with E-state index in [2.05, 4.69) is 59.0 Å². The average Bonchev–Trinajstić information content (AvgIpc) is 3.22. The first-order valence-electron chi connectivity index (χ1n) is 12.6. The Morgan fingerprint density at radius 3 is 2.50 bits per heavy atom. The van der Waals surface area contributed by atoms with Crippen molar-refractivity contribution in [2.75, 3.05) is 33.3 Å². The first kappa shape index (κ1) is 23.1. The number of rotatable bonds is 5. The zero-order valence-corrected chi connectivity index (χ0v) is 21.1. The number of halogens is 1. The summed E-state index contributed by atoms with van der Waals surface area (Å²) < 4.78 is 25.6. The number of aromatic nitrogens is 1. The molecule has 0 spiro atoms. The van der Waals surface area contributed by atoms with Gasteiger partial charge in [0, 0.05) is 66.7 Å². The fourth-order valence-electron chi connectivity index (χ4n) is 5.43. The second-order valence-electron chi connectivity index (χ2n) is 10.5. The number of H-pyrrole nitrogens is 1. The molecule has 186 valence electrons. The van der Waals surface area contributed by atoms with E-state index in [1.54, 1.807) is 19.2 Å².